The van der Waals surface area contributed by atoms with Crippen molar-refractivity contribution in [3.63, 3.8) is 0 Å². The Kier molecular flexibility index (Phi) is 3.68. The Morgan fingerprint density at radius 1 is 0.943 bits per heavy atom. The molecule has 0 bridgehead atoms. The molecule has 0 radical (unpaired) electrons. The first-order chi connectivity index (χ1) is 19.4. The van der Waals surface area contributed by atoms with E-state index in [2.05, 4.69) is 6.07 Å². The largest absolute Gasteiger partial charge is 0.455 e. The number of benzene rings is 3. The van der Waals surface area contributed by atoms with E-state index in [0.29, 0.717) is 33.6 Å². The molecule has 0 saturated carbocycles. The van der Waals surface area contributed by atoms with Gasteiger partial charge in [0.25, 0.3) is 0 Å². The van der Waals surface area contributed by atoms with Crippen LogP contribution in [0.1, 0.15) is 58.2 Å². The third-order valence-corrected chi connectivity index (χ3v) is 6.59. The smallest absolute Gasteiger partial charge is 0.216 e. The van der Waals surface area contributed by atoms with Gasteiger partial charge in [0.1, 0.15) is 18.2 Å². The second kappa shape index (κ2) is 8.10. The van der Waals surface area contributed by atoms with E-state index in [9.17, 15) is 5.26 Å². The Labute approximate surface area is 217 Å². The molecule has 0 fully saturated rings. The standard InChI is InChI=1S/C32H31N2O/c1-19-8-11-26-25-12-9-22(17-33)15-29(25)35-31(26)30(19)28-16-27(21(3)18-34(28)7)24-13-10-23(14-20(24)2)32(4,5)6/h8-16,18H,1-7H3/q+1/i2D3,3D3,13D. The van der Waals surface area contributed by atoms with Crippen molar-refractivity contribution >= 4 is 21.9 Å². The zero-order chi connectivity index (χ0) is 30.9. The van der Waals surface area contributed by atoms with E-state index < -0.39 is 19.1 Å². The van der Waals surface area contributed by atoms with E-state index in [1.165, 1.54) is 6.20 Å². The lowest BCUT2D eigenvalue weighted by molar-refractivity contribution is -0.660. The van der Waals surface area contributed by atoms with Gasteiger partial charge in [-0.25, -0.2) is 4.57 Å². The SMILES string of the molecule is [2H]c1cc(C(C)(C)C)cc(C([2H])([2H])[2H])c1-c1cc(-c2c(C)ccc3c2oc2cc(C#N)ccc23)[n+](C)cc1C([2H])([2H])[2H]. The Hall–Kier alpha value is -3.90. The summed E-state index contributed by atoms with van der Waals surface area (Å²) >= 11 is 0. The minimum Gasteiger partial charge on any atom is -0.455 e. The summed E-state index contributed by atoms with van der Waals surface area (Å²) in [4.78, 5) is 0. The highest BCUT2D eigenvalue weighted by molar-refractivity contribution is 6.10. The lowest BCUT2D eigenvalue weighted by Gasteiger charge is -2.21. The Morgan fingerprint density at radius 2 is 1.71 bits per heavy atom. The summed E-state index contributed by atoms with van der Waals surface area (Å²) in [6.07, 6.45) is 1.49. The van der Waals surface area contributed by atoms with E-state index >= 15 is 0 Å². The minimum atomic E-state index is -2.59. The van der Waals surface area contributed by atoms with Gasteiger partial charge in [0, 0.05) is 30.6 Å². The van der Waals surface area contributed by atoms with E-state index in [4.69, 9.17) is 14.0 Å². The minimum absolute atomic E-state index is 0.0515. The van der Waals surface area contributed by atoms with Gasteiger partial charge in [-0.3, -0.25) is 0 Å². The van der Waals surface area contributed by atoms with Crippen LogP contribution in [-0.4, -0.2) is 0 Å². The van der Waals surface area contributed by atoms with Crippen molar-refractivity contribution in [1.29, 1.82) is 5.26 Å². The molecule has 5 aromatic rings. The number of rotatable bonds is 2. The third-order valence-electron chi connectivity index (χ3n) is 6.59. The maximum absolute atomic E-state index is 9.38. The predicted molar refractivity (Wildman–Crippen MR) is 143 cm³/mol. The van der Waals surface area contributed by atoms with Crippen molar-refractivity contribution < 1.29 is 18.6 Å². The zero-order valence-electron chi connectivity index (χ0n) is 27.5. The lowest BCUT2D eigenvalue weighted by atomic mass is 9.84. The highest BCUT2D eigenvalue weighted by Gasteiger charge is 2.23. The monoisotopic (exact) mass is 466 g/mol. The maximum Gasteiger partial charge on any atom is 0.216 e. The van der Waals surface area contributed by atoms with E-state index in [1.54, 1.807) is 41.9 Å². The molecule has 2 heterocycles. The van der Waals surface area contributed by atoms with Crippen LogP contribution in [0.3, 0.4) is 0 Å². The molecule has 0 atom stereocenters. The van der Waals surface area contributed by atoms with Crippen LogP contribution in [0, 0.1) is 32.0 Å². The van der Waals surface area contributed by atoms with Crippen LogP contribution in [0.5, 0.6) is 0 Å². The van der Waals surface area contributed by atoms with E-state index in [0.717, 1.165) is 16.3 Å². The van der Waals surface area contributed by atoms with Crippen LogP contribution < -0.4 is 4.57 Å². The first-order valence-electron chi connectivity index (χ1n) is 15.0. The molecule has 3 nitrogen and oxygen atoms in total. The molecule has 0 amide bonds. The van der Waals surface area contributed by atoms with Crippen molar-refractivity contribution in [2.45, 2.75) is 46.8 Å². The van der Waals surface area contributed by atoms with E-state index in [-0.39, 0.29) is 28.3 Å². The fraction of sp³-hybridized carbons (Fsp3) is 0.250. The molecule has 0 spiro atoms. The number of pyridine rings is 1. The lowest BCUT2D eigenvalue weighted by Crippen LogP contribution is -2.31. The molecule has 0 saturated heterocycles. The first-order valence-corrected chi connectivity index (χ1v) is 11.5. The van der Waals surface area contributed by atoms with Crippen LogP contribution in [0.25, 0.3) is 44.3 Å². The molecule has 2 aromatic heterocycles. The normalized spacial score (nSPS) is 15.5. The Balaban J connectivity index is 1.90. The highest BCUT2D eigenvalue weighted by Crippen LogP contribution is 2.39. The zero-order valence-corrected chi connectivity index (χ0v) is 20.5. The number of hydrogen-bond acceptors (Lipinski definition) is 2. The van der Waals surface area contributed by atoms with Gasteiger partial charge in [0.05, 0.1) is 18.6 Å². The molecule has 5 rings (SSSR count). The predicted octanol–water partition coefficient (Wildman–Crippen LogP) is 7.84. The molecule has 0 aliphatic carbocycles. The van der Waals surface area contributed by atoms with Crippen LogP contribution >= 0.6 is 0 Å². The quantitative estimate of drug-likeness (QED) is 0.249. The van der Waals surface area contributed by atoms with Crippen LogP contribution in [0.4, 0.5) is 0 Å². The highest BCUT2D eigenvalue weighted by atomic mass is 16.3. The average molecular weight is 467 g/mol. The van der Waals surface area contributed by atoms with Crippen molar-refractivity contribution in [3.8, 4) is 28.5 Å². The van der Waals surface area contributed by atoms with Gasteiger partial charge in [-0.15, -0.1) is 0 Å². The van der Waals surface area contributed by atoms with Gasteiger partial charge < -0.3 is 4.42 Å². The summed E-state index contributed by atoms with van der Waals surface area (Å²) in [6.45, 7) is 2.56. The Bertz CT molecular complexity index is 1930. The van der Waals surface area contributed by atoms with Gasteiger partial charge >= 0.3 is 0 Å². The number of nitriles is 1. The first kappa shape index (κ1) is 15.9. The number of aromatic nitrogens is 1. The van der Waals surface area contributed by atoms with E-state index in [1.807, 2.05) is 45.9 Å². The number of nitrogens with zero attached hydrogens (tertiary/aromatic N) is 2. The van der Waals surface area contributed by atoms with Crippen LogP contribution in [0.2, 0.25) is 0 Å². The summed E-state index contributed by atoms with van der Waals surface area (Å²) in [7, 11) is 1.73. The molecular formula is C32H31N2O+. The second-order valence-corrected chi connectivity index (χ2v) is 10.1. The molecule has 0 aliphatic heterocycles. The molecular weight excluding hydrogens is 428 g/mol. The fourth-order valence-corrected chi connectivity index (χ4v) is 4.58. The summed E-state index contributed by atoms with van der Waals surface area (Å²) in [6, 6.07) is 16.1. The molecule has 0 N–H and O–H groups in total. The summed E-state index contributed by atoms with van der Waals surface area (Å²) in [5, 5.41) is 11.0. The number of aryl methyl sites for hydroxylation is 4. The molecule has 3 aromatic carbocycles. The average Bonchev–Trinajstić information content (AvgIpc) is 3.24. The van der Waals surface area contributed by atoms with Gasteiger partial charge in [-0.2, -0.15) is 5.26 Å². The van der Waals surface area contributed by atoms with Gasteiger partial charge in [0.15, 0.2) is 6.20 Å². The summed E-state index contributed by atoms with van der Waals surface area (Å²) in [5.41, 5.74) is 4.12. The van der Waals surface area contributed by atoms with Crippen molar-refractivity contribution in [2.24, 2.45) is 7.05 Å². The number of furan rings is 1. The van der Waals surface area contributed by atoms with Gasteiger partial charge in [-0.05, 0) is 72.1 Å². The summed E-state index contributed by atoms with van der Waals surface area (Å²) in [5.74, 6) is 0. The maximum atomic E-state index is 9.38. The second-order valence-electron chi connectivity index (χ2n) is 10.1. The van der Waals surface area contributed by atoms with Crippen molar-refractivity contribution in [1.82, 2.24) is 0 Å². The molecule has 3 heteroatoms. The third kappa shape index (κ3) is 3.80. The number of hydrogen-bond donors (Lipinski definition) is 0. The van der Waals surface area contributed by atoms with Gasteiger partial charge in [0.2, 0.25) is 5.69 Å². The fourth-order valence-electron chi connectivity index (χ4n) is 4.58. The molecule has 0 aliphatic rings. The molecule has 35 heavy (non-hydrogen) atoms. The van der Waals surface area contributed by atoms with Crippen LogP contribution in [0.15, 0.2) is 65.2 Å². The number of fused-ring (bicyclic) bond motifs is 3. The van der Waals surface area contributed by atoms with Gasteiger partial charge in [-0.1, -0.05) is 51.1 Å². The Morgan fingerprint density at radius 3 is 2.43 bits per heavy atom. The summed E-state index contributed by atoms with van der Waals surface area (Å²) < 4.78 is 67.0. The molecule has 174 valence electrons. The van der Waals surface area contributed by atoms with Crippen molar-refractivity contribution in [2.75, 3.05) is 0 Å². The van der Waals surface area contributed by atoms with Crippen LogP contribution in [-0.2, 0) is 12.5 Å². The molecule has 0 unspecified atom stereocenters. The topological polar surface area (TPSA) is 40.8 Å². The van der Waals surface area contributed by atoms with Crippen molar-refractivity contribution in [3.05, 3.63) is 88.6 Å².